The van der Waals surface area contributed by atoms with Crippen molar-refractivity contribution in [2.75, 3.05) is 26.0 Å². The molecule has 0 spiro atoms. The van der Waals surface area contributed by atoms with E-state index in [0.29, 0.717) is 32.2 Å². The number of hydrogen-bond acceptors (Lipinski definition) is 7. The van der Waals surface area contributed by atoms with Gasteiger partial charge in [0.25, 0.3) is 5.91 Å². The lowest BCUT2D eigenvalue weighted by Gasteiger charge is -2.51. The predicted octanol–water partition coefficient (Wildman–Crippen LogP) is 2.34. The number of nitrogens with one attached hydrogen (secondary N) is 4. The molecule has 3 aliphatic carbocycles. The Bertz CT molecular complexity index is 1030. The third-order valence-electron chi connectivity index (χ3n) is 10.0. The molecule has 1 aliphatic heterocycles. The minimum atomic E-state index is -2.05. The van der Waals surface area contributed by atoms with Crippen molar-refractivity contribution < 1.29 is 32.7 Å². The number of Topliss-reactive ketones (excluding diaryl/α,β-unsaturated/α-hetero) is 1. The second kappa shape index (κ2) is 15.3. The molecule has 12 nitrogen and oxygen atoms in total. The van der Waals surface area contributed by atoms with Crippen LogP contribution < -0.4 is 21.3 Å². The molecular weight excluding hydrogens is 574 g/mol. The molecule has 0 aromatic rings. The van der Waals surface area contributed by atoms with Gasteiger partial charge in [-0.3, -0.25) is 19.3 Å². The van der Waals surface area contributed by atoms with Gasteiger partial charge in [-0.1, -0.05) is 45.4 Å². The van der Waals surface area contributed by atoms with Gasteiger partial charge in [-0.15, -0.1) is 0 Å². The summed E-state index contributed by atoms with van der Waals surface area (Å²) in [5, 5.41) is 11.8. The molecule has 13 heteroatoms. The summed E-state index contributed by atoms with van der Waals surface area (Å²) in [6, 6.07) is -0.898. The molecule has 1 saturated heterocycles. The van der Waals surface area contributed by atoms with Crippen LogP contribution in [0.4, 0.5) is 4.79 Å². The van der Waals surface area contributed by atoms with E-state index in [1.54, 1.807) is 7.11 Å². The SMILES string of the molecule is CC[C@](NC(=O)NC1(CS(=O)O)CCCCC1)(C1CCCCC1)C(OC)N1CCC[C@H]1C(=O)NCC(=O)C(=O)NC1CC1. The number of nitrogens with zero attached hydrogens (tertiary/aromatic N) is 1. The van der Waals surface area contributed by atoms with E-state index in [-0.39, 0.29) is 36.2 Å². The average Bonchev–Trinajstić information content (AvgIpc) is 3.68. The molecule has 4 amide bonds. The van der Waals surface area contributed by atoms with Crippen molar-refractivity contribution in [1.82, 2.24) is 26.2 Å². The molecule has 0 aromatic heterocycles. The zero-order valence-electron chi connectivity index (χ0n) is 25.8. The molecule has 4 rings (SSSR count). The van der Waals surface area contributed by atoms with Gasteiger partial charge >= 0.3 is 6.03 Å². The molecule has 3 saturated carbocycles. The maximum absolute atomic E-state index is 13.9. The van der Waals surface area contributed by atoms with Gasteiger partial charge in [0, 0.05) is 19.7 Å². The van der Waals surface area contributed by atoms with E-state index in [4.69, 9.17) is 4.74 Å². The molecule has 244 valence electrons. The molecule has 5 N–H and O–H groups in total. The normalized spacial score (nSPS) is 25.6. The van der Waals surface area contributed by atoms with E-state index in [1.165, 1.54) is 0 Å². The highest BCUT2D eigenvalue weighted by Gasteiger charge is 2.52. The Morgan fingerprint density at radius 3 is 2.28 bits per heavy atom. The standard InChI is InChI=1S/C30H51N5O7S/c1-3-30(21-11-6-4-7-12-21,34-28(39)33-29(20-43(40)41)16-8-5-9-17-29)27(42-2)35-18-10-13-23(35)25(37)31-19-24(36)26(38)32-22-14-15-22/h21-23,27H,3-20H2,1-2H3,(H,31,37)(H,32,38)(H,40,41)(H2,33,34,39)/t23-,27?,30-/m0/s1. The highest BCUT2D eigenvalue weighted by atomic mass is 32.2. The fraction of sp³-hybridized carbons (Fsp3) is 0.867. The molecule has 4 aliphatic rings. The maximum atomic E-state index is 13.9. The topological polar surface area (TPSA) is 166 Å². The van der Waals surface area contributed by atoms with Crippen molar-refractivity contribution in [1.29, 1.82) is 0 Å². The van der Waals surface area contributed by atoms with Gasteiger partial charge in [0.1, 0.15) is 6.23 Å². The van der Waals surface area contributed by atoms with Gasteiger partial charge in [0.05, 0.1) is 29.4 Å². The van der Waals surface area contributed by atoms with E-state index in [0.717, 1.165) is 70.6 Å². The first-order valence-electron chi connectivity index (χ1n) is 16.2. The Hall–Kier alpha value is -2.09. The van der Waals surface area contributed by atoms with Crippen LogP contribution in [0.3, 0.4) is 0 Å². The minimum absolute atomic E-state index is 0.0115. The van der Waals surface area contributed by atoms with Crippen molar-refractivity contribution in [3.63, 3.8) is 0 Å². The van der Waals surface area contributed by atoms with Crippen LogP contribution in [-0.4, -0.2) is 92.6 Å². The number of ether oxygens (including phenoxy) is 1. The number of amides is 4. The summed E-state index contributed by atoms with van der Waals surface area (Å²) < 4.78 is 27.8. The Kier molecular flexibility index (Phi) is 12.0. The molecule has 0 aromatic carbocycles. The van der Waals surface area contributed by atoms with Crippen LogP contribution in [-0.2, 0) is 30.2 Å². The summed E-state index contributed by atoms with van der Waals surface area (Å²) in [4.78, 5) is 53.7. The first-order valence-corrected chi connectivity index (χ1v) is 17.5. The van der Waals surface area contributed by atoms with Crippen molar-refractivity contribution in [2.24, 2.45) is 5.92 Å². The summed E-state index contributed by atoms with van der Waals surface area (Å²) in [7, 11) is 1.61. The molecule has 1 heterocycles. The van der Waals surface area contributed by atoms with Crippen LogP contribution in [0.15, 0.2) is 0 Å². The molecule has 4 atom stereocenters. The molecule has 0 bridgehead atoms. The van der Waals surface area contributed by atoms with Gasteiger partial charge in [-0.2, -0.15) is 0 Å². The first kappa shape index (κ1) is 33.8. The molecule has 4 fully saturated rings. The highest BCUT2D eigenvalue weighted by molar-refractivity contribution is 7.79. The second-order valence-corrected chi connectivity index (χ2v) is 13.9. The predicted molar refractivity (Wildman–Crippen MR) is 162 cm³/mol. The summed E-state index contributed by atoms with van der Waals surface area (Å²) in [6.45, 7) is 2.25. The van der Waals surface area contributed by atoms with Gasteiger partial charge < -0.3 is 30.6 Å². The summed E-state index contributed by atoms with van der Waals surface area (Å²) >= 11 is -2.05. The molecule has 43 heavy (non-hydrogen) atoms. The average molecular weight is 626 g/mol. The Morgan fingerprint density at radius 1 is 1.00 bits per heavy atom. The third kappa shape index (κ3) is 8.55. The van der Waals surface area contributed by atoms with Crippen molar-refractivity contribution in [3.05, 3.63) is 0 Å². The number of methoxy groups -OCH3 is 1. The summed E-state index contributed by atoms with van der Waals surface area (Å²) in [6.07, 6.45) is 12.1. The molecular formula is C30H51N5O7S. The molecule has 2 unspecified atom stereocenters. The summed E-state index contributed by atoms with van der Waals surface area (Å²) in [5.41, 5.74) is -1.57. The van der Waals surface area contributed by atoms with Crippen LogP contribution in [0.5, 0.6) is 0 Å². The Labute approximate surface area is 257 Å². The van der Waals surface area contributed by atoms with E-state index in [1.807, 2.05) is 11.8 Å². The van der Waals surface area contributed by atoms with Crippen LogP contribution in [0, 0.1) is 5.92 Å². The highest BCUT2D eigenvalue weighted by Crippen LogP contribution is 2.41. The number of urea groups is 1. The monoisotopic (exact) mass is 625 g/mol. The minimum Gasteiger partial charge on any atom is -0.364 e. The van der Waals surface area contributed by atoms with Gasteiger partial charge in [-0.05, 0) is 63.7 Å². The van der Waals surface area contributed by atoms with Gasteiger partial charge in [0.15, 0.2) is 11.1 Å². The second-order valence-electron chi connectivity index (χ2n) is 13.0. The smallest absolute Gasteiger partial charge is 0.315 e. The number of hydrogen-bond donors (Lipinski definition) is 5. The summed E-state index contributed by atoms with van der Waals surface area (Å²) in [5.74, 6) is -1.58. The number of carbonyl (C=O) groups excluding carboxylic acids is 4. The molecule has 0 radical (unpaired) electrons. The van der Waals surface area contributed by atoms with Gasteiger partial charge in [0.2, 0.25) is 11.7 Å². The number of likely N-dealkylation sites (tertiary alicyclic amines) is 1. The Morgan fingerprint density at radius 2 is 1.67 bits per heavy atom. The van der Waals surface area contributed by atoms with Crippen LogP contribution >= 0.6 is 0 Å². The van der Waals surface area contributed by atoms with E-state index < -0.39 is 46.1 Å². The Balaban J connectivity index is 1.52. The largest absolute Gasteiger partial charge is 0.364 e. The maximum Gasteiger partial charge on any atom is 0.315 e. The number of carbonyl (C=O) groups is 4. The number of rotatable bonds is 14. The fourth-order valence-corrected chi connectivity index (χ4v) is 8.47. The van der Waals surface area contributed by atoms with Crippen LogP contribution in [0.25, 0.3) is 0 Å². The lowest BCUT2D eigenvalue weighted by atomic mass is 9.71. The van der Waals surface area contributed by atoms with Crippen molar-refractivity contribution in [3.8, 4) is 0 Å². The zero-order valence-corrected chi connectivity index (χ0v) is 26.6. The quantitative estimate of drug-likeness (QED) is 0.145. The van der Waals surface area contributed by atoms with Crippen LogP contribution in [0.2, 0.25) is 0 Å². The van der Waals surface area contributed by atoms with Gasteiger partial charge in [-0.25, -0.2) is 9.00 Å². The van der Waals surface area contributed by atoms with Crippen molar-refractivity contribution >= 4 is 34.7 Å². The van der Waals surface area contributed by atoms with E-state index in [2.05, 4.69) is 21.3 Å². The number of ketones is 1. The van der Waals surface area contributed by atoms with Crippen molar-refractivity contribution in [2.45, 2.75) is 133 Å². The fourth-order valence-electron chi connectivity index (χ4n) is 7.64. The zero-order chi connectivity index (χ0) is 31.0. The van der Waals surface area contributed by atoms with E-state index in [9.17, 15) is 27.9 Å². The lowest BCUT2D eigenvalue weighted by molar-refractivity contribution is -0.144. The van der Waals surface area contributed by atoms with Crippen LogP contribution in [0.1, 0.15) is 103 Å². The third-order valence-corrected chi connectivity index (χ3v) is 10.8. The van der Waals surface area contributed by atoms with E-state index >= 15 is 0 Å². The lowest BCUT2D eigenvalue weighted by Crippen LogP contribution is -2.70. The first-order chi connectivity index (χ1) is 20.6.